The molecule has 0 aliphatic carbocycles. The van der Waals surface area contributed by atoms with Crippen LogP contribution in [-0.4, -0.2) is 46.4 Å². The third-order valence-corrected chi connectivity index (χ3v) is 19.5. The molecule has 0 fully saturated rings. The minimum absolute atomic E-state index is 0.510. The molecule has 0 aliphatic heterocycles. The van der Waals surface area contributed by atoms with Gasteiger partial charge in [-0.3, -0.25) is 8.80 Å². The smallest absolute Gasteiger partial charge is 0.423 e. The summed E-state index contributed by atoms with van der Waals surface area (Å²) in [5.41, 5.74) is 13.6. The lowest BCUT2D eigenvalue weighted by Gasteiger charge is -2.12. The van der Waals surface area contributed by atoms with Crippen molar-refractivity contribution in [1.82, 2.24) is 29.2 Å². The number of hydrogen-bond acceptors (Lipinski definition) is 8. The molecule has 0 atom stereocenters. The number of thiophene rings is 2. The number of benzene rings is 12. The molecule has 0 aliphatic rings. The summed E-state index contributed by atoms with van der Waals surface area (Å²) < 4.78 is 10.6. The van der Waals surface area contributed by atoms with Gasteiger partial charge >= 0.3 is 7.12 Å². The van der Waals surface area contributed by atoms with E-state index in [0.717, 1.165) is 71.5 Å². The maximum Gasteiger partial charge on any atom is 0.488 e. The van der Waals surface area contributed by atoms with E-state index in [2.05, 4.69) is 257 Å². The molecule has 6 heterocycles. The van der Waals surface area contributed by atoms with Gasteiger partial charge in [0.2, 0.25) is 0 Å². The molecule has 18 aromatic rings. The van der Waals surface area contributed by atoms with Crippen LogP contribution in [0.2, 0.25) is 0 Å². The highest BCUT2D eigenvalue weighted by Gasteiger charge is 2.20. The van der Waals surface area contributed by atoms with Gasteiger partial charge in [-0.2, -0.15) is 0 Å². The predicted molar refractivity (Wildman–Crippen MR) is 373 cm³/mol. The SMILES string of the molecule is Brc1ccc2c(c1)c1ccccc1c1nnc(-c3ccccc3)n21.OB(O)c1cccc(-c2cccc3c2sc2ccccc23)c1.c1ccc(-c2nnc3c4ccccc4c4cc(-c5cccc(-c6cccc7c6sc6ccccc67)c5)ccc4n23)cc1. The highest BCUT2D eigenvalue weighted by Crippen LogP contribution is 2.43. The molecule has 416 valence electrons. The van der Waals surface area contributed by atoms with E-state index in [1.165, 1.54) is 84.1 Å². The maximum absolute atomic E-state index is 9.38. The molecule has 2 N–H and O–H groups in total. The lowest BCUT2D eigenvalue weighted by atomic mass is 9.79. The monoisotopic (exact) mass is 1230 g/mol. The molecular weight excluding hydrogens is 1180 g/mol. The first-order valence-electron chi connectivity index (χ1n) is 28.9. The van der Waals surface area contributed by atoms with Crippen LogP contribution in [0.25, 0.3) is 151 Å². The number of rotatable bonds is 6. The van der Waals surface area contributed by atoms with Crippen LogP contribution in [0.5, 0.6) is 0 Å². The van der Waals surface area contributed by atoms with Gasteiger partial charge in [-0.05, 0) is 98.1 Å². The van der Waals surface area contributed by atoms with Crippen molar-refractivity contribution in [2.45, 2.75) is 0 Å². The second-order valence-corrected chi connectivity index (χ2v) is 24.7. The fraction of sp³-hybridized carbons (Fsp3) is 0. The Morgan fingerprint density at radius 1 is 0.307 bits per heavy atom. The lowest BCUT2D eigenvalue weighted by molar-refractivity contribution is 0.426. The average molecular weight is 1230 g/mol. The lowest BCUT2D eigenvalue weighted by Crippen LogP contribution is -2.29. The van der Waals surface area contributed by atoms with Crippen molar-refractivity contribution in [1.29, 1.82) is 0 Å². The second kappa shape index (κ2) is 22.3. The fourth-order valence-electron chi connectivity index (χ4n) is 12.5. The van der Waals surface area contributed by atoms with E-state index in [9.17, 15) is 10.0 Å². The van der Waals surface area contributed by atoms with Crippen LogP contribution in [0.1, 0.15) is 0 Å². The summed E-state index contributed by atoms with van der Waals surface area (Å²) in [5, 5.41) is 49.2. The van der Waals surface area contributed by atoms with Crippen molar-refractivity contribution in [2.24, 2.45) is 0 Å². The molecule has 8 nitrogen and oxygen atoms in total. The number of hydrogen-bond donors (Lipinski definition) is 2. The van der Waals surface area contributed by atoms with Gasteiger partial charge in [0.15, 0.2) is 22.9 Å². The quantitative estimate of drug-likeness (QED) is 0.127. The molecule has 0 bridgehead atoms. The van der Waals surface area contributed by atoms with Crippen molar-refractivity contribution in [2.75, 3.05) is 0 Å². The normalized spacial score (nSPS) is 11.6. The molecule has 0 unspecified atom stereocenters. The number of fused-ring (bicyclic) bond motifs is 18. The Morgan fingerprint density at radius 2 is 0.716 bits per heavy atom. The largest absolute Gasteiger partial charge is 0.488 e. The Hall–Kier alpha value is -10.2. The first-order chi connectivity index (χ1) is 43.4. The fourth-order valence-corrected chi connectivity index (χ4v) is 15.3. The Labute approximate surface area is 521 Å². The first-order valence-corrected chi connectivity index (χ1v) is 31.4. The summed E-state index contributed by atoms with van der Waals surface area (Å²) in [6.45, 7) is 0. The van der Waals surface area contributed by atoms with Gasteiger partial charge in [0.25, 0.3) is 0 Å². The van der Waals surface area contributed by atoms with Gasteiger partial charge in [-0.15, -0.1) is 43.1 Å². The van der Waals surface area contributed by atoms with Crippen LogP contribution < -0.4 is 5.46 Å². The van der Waals surface area contributed by atoms with E-state index in [1.54, 1.807) is 17.4 Å². The highest BCUT2D eigenvalue weighted by molar-refractivity contribution is 9.10. The van der Waals surface area contributed by atoms with Crippen LogP contribution in [-0.2, 0) is 0 Å². The summed E-state index contributed by atoms with van der Waals surface area (Å²) in [5.74, 6) is 1.72. The average Bonchev–Trinajstić information content (AvgIpc) is 1.54. The summed E-state index contributed by atoms with van der Waals surface area (Å²) in [6, 6.07) is 96.9. The molecule has 88 heavy (non-hydrogen) atoms. The van der Waals surface area contributed by atoms with Gasteiger partial charge in [0.05, 0.1) is 11.0 Å². The van der Waals surface area contributed by atoms with Crippen molar-refractivity contribution >= 4 is 146 Å². The van der Waals surface area contributed by atoms with Crippen LogP contribution in [0, 0.1) is 0 Å². The minimum Gasteiger partial charge on any atom is -0.423 e. The second-order valence-electron chi connectivity index (χ2n) is 21.7. The Kier molecular flexibility index (Phi) is 13.5. The van der Waals surface area contributed by atoms with Crippen LogP contribution in [0.4, 0.5) is 0 Å². The van der Waals surface area contributed by atoms with Crippen molar-refractivity contribution in [3.8, 4) is 56.2 Å². The summed E-state index contributed by atoms with van der Waals surface area (Å²) in [4.78, 5) is 0. The third-order valence-electron chi connectivity index (χ3n) is 16.6. The van der Waals surface area contributed by atoms with E-state index in [0.29, 0.717) is 5.46 Å². The summed E-state index contributed by atoms with van der Waals surface area (Å²) in [7, 11) is -1.44. The standard InChI is InChI=1S/C38H23N3S.C20H12BrN3.C18H13BO2S/c1-2-10-24(11-3-1)37-39-40-38-32-16-5-4-14-29(32)33-23-26(20-21-34(33)41(37)38)25-12-8-13-27(22-25)28-17-9-18-31-30-15-6-7-19-35(30)42-36(28)31;21-14-10-11-18-17(12-14)15-8-4-5-9-16(15)20-23-22-19(24(18)20)13-6-2-1-3-7-13;20-19(21)13-6-3-5-12(11-13)14-8-4-9-16-15-7-1-2-10-17(15)22-18(14)16/h1-23H;1-12H;1-11,20-21H. The van der Waals surface area contributed by atoms with Crippen LogP contribution >= 0.6 is 38.6 Å². The van der Waals surface area contributed by atoms with Gasteiger partial charge < -0.3 is 10.0 Å². The molecule has 0 radical (unpaired) electrons. The zero-order chi connectivity index (χ0) is 58.8. The van der Waals surface area contributed by atoms with E-state index >= 15 is 0 Å². The zero-order valence-electron chi connectivity index (χ0n) is 46.9. The molecule has 0 spiro atoms. The van der Waals surface area contributed by atoms with Crippen molar-refractivity contribution in [3.63, 3.8) is 0 Å². The Bertz CT molecular complexity index is 5730. The van der Waals surface area contributed by atoms with Gasteiger partial charge in [-0.25, -0.2) is 0 Å². The zero-order valence-corrected chi connectivity index (χ0v) is 50.1. The molecule has 18 rings (SSSR count). The van der Waals surface area contributed by atoms with Gasteiger partial charge in [-0.1, -0.05) is 246 Å². The van der Waals surface area contributed by atoms with Gasteiger partial charge in [0.1, 0.15) is 0 Å². The van der Waals surface area contributed by atoms with Gasteiger partial charge in [0, 0.05) is 77.5 Å². The predicted octanol–water partition coefficient (Wildman–Crippen LogP) is 19.3. The van der Waals surface area contributed by atoms with Crippen molar-refractivity contribution in [3.05, 3.63) is 284 Å². The number of aromatic nitrogens is 6. The minimum atomic E-state index is -1.44. The molecule has 12 aromatic carbocycles. The topological polar surface area (TPSA) is 101 Å². The molecule has 0 amide bonds. The third kappa shape index (κ3) is 9.29. The van der Waals surface area contributed by atoms with E-state index in [4.69, 9.17) is 0 Å². The molecule has 12 heteroatoms. The number of pyridine rings is 2. The van der Waals surface area contributed by atoms with Crippen LogP contribution in [0.3, 0.4) is 0 Å². The molecule has 0 saturated carbocycles. The Morgan fingerprint density at radius 3 is 1.26 bits per heavy atom. The summed E-state index contributed by atoms with van der Waals surface area (Å²) in [6.07, 6.45) is 0. The summed E-state index contributed by atoms with van der Waals surface area (Å²) >= 11 is 7.24. The van der Waals surface area contributed by atoms with Crippen molar-refractivity contribution < 1.29 is 10.0 Å². The maximum atomic E-state index is 9.38. The molecular formula is C76H48BBrN6O2S2. The number of halogens is 1. The Balaban J connectivity index is 0.000000115. The van der Waals surface area contributed by atoms with Crippen LogP contribution in [0.15, 0.2) is 284 Å². The molecule has 6 aromatic heterocycles. The first kappa shape index (κ1) is 53.3. The highest BCUT2D eigenvalue weighted by atomic mass is 79.9. The van der Waals surface area contributed by atoms with E-state index in [1.807, 2.05) is 72.0 Å². The molecule has 0 saturated heterocycles. The van der Waals surface area contributed by atoms with E-state index in [-0.39, 0.29) is 0 Å². The van der Waals surface area contributed by atoms with E-state index < -0.39 is 7.12 Å². The number of nitrogens with zero attached hydrogens (tertiary/aromatic N) is 6.